The summed E-state index contributed by atoms with van der Waals surface area (Å²) < 4.78 is 32.0. The van der Waals surface area contributed by atoms with Crippen molar-refractivity contribution in [2.24, 2.45) is 0 Å². The number of ether oxygens (including phenoxy) is 1. The summed E-state index contributed by atoms with van der Waals surface area (Å²) >= 11 is 0. The van der Waals surface area contributed by atoms with E-state index < -0.39 is 10.0 Å². The molecule has 1 aromatic carbocycles. The van der Waals surface area contributed by atoms with Crippen LogP contribution in [-0.4, -0.2) is 45.0 Å². The summed E-state index contributed by atoms with van der Waals surface area (Å²) in [6, 6.07) is 6.64. The molecule has 5 nitrogen and oxygen atoms in total. The third-order valence-electron chi connectivity index (χ3n) is 3.42. The summed E-state index contributed by atoms with van der Waals surface area (Å²) in [5, 5.41) is 3.18. The smallest absolute Gasteiger partial charge is 0.243 e. The van der Waals surface area contributed by atoms with Gasteiger partial charge in [0.25, 0.3) is 0 Å². The third-order valence-corrected chi connectivity index (χ3v) is 5.35. The summed E-state index contributed by atoms with van der Waals surface area (Å²) in [4.78, 5) is 0.308. The van der Waals surface area contributed by atoms with Crippen LogP contribution in [0.5, 0.6) is 5.75 Å². The van der Waals surface area contributed by atoms with Crippen molar-refractivity contribution in [2.45, 2.75) is 37.3 Å². The summed E-state index contributed by atoms with van der Waals surface area (Å²) in [5.41, 5.74) is 0. The highest BCUT2D eigenvalue weighted by Crippen LogP contribution is 2.22. The maximum absolute atomic E-state index is 12.5. The van der Waals surface area contributed by atoms with Crippen LogP contribution in [-0.2, 0) is 10.0 Å². The Bertz CT molecular complexity index is 534. The predicted molar refractivity (Wildman–Crippen MR) is 78.4 cm³/mol. The van der Waals surface area contributed by atoms with Crippen LogP contribution < -0.4 is 10.1 Å². The van der Waals surface area contributed by atoms with Crippen molar-refractivity contribution in [3.63, 3.8) is 0 Å². The van der Waals surface area contributed by atoms with Gasteiger partial charge in [-0.3, -0.25) is 0 Å². The monoisotopic (exact) mass is 298 g/mol. The average molecular weight is 298 g/mol. The fourth-order valence-electron chi connectivity index (χ4n) is 2.27. The van der Waals surface area contributed by atoms with E-state index in [2.05, 4.69) is 5.32 Å². The Morgan fingerprint density at radius 1 is 1.30 bits per heavy atom. The number of likely N-dealkylation sites (N-methyl/N-ethyl adjacent to an activating group) is 1. The average Bonchev–Trinajstić information content (AvgIpc) is 2.91. The molecule has 2 rings (SSSR count). The lowest BCUT2D eigenvalue weighted by molar-refractivity contribution is 0.242. The molecule has 0 aliphatic carbocycles. The summed E-state index contributed by atoms with van der Waals surface area (Å²) in [6.45, 7) is 5.45. The minimum atomic E-state index is -3.43. The van der Waals surface area contributed by atoms with Gasteiger partial charge in [0.05, 0.1) is 11.0 Å². The zero-order chi connectivity index (χ0) is 14.8. The van der Waals surface area contributed by atoms with Gasteiger partial charge < -0.3 is 10.1 Å². The van der Waals surface area contributed by atoms with Gasteiger partial charge in [0.1, 0.15) is 5.75 Å². The highest BCUT2D eigenvalue weighted by Gasteiger charge is 2.29. The first kappa shape index (κ1) is 15.3. The first-order valence-corrected chi connectivity index (χ1v) is 8.31. The highest BCUT2D eigenvalue weighted by atomic mass is 32.2. The molecular weight excluding hydrogens is 276 g/mol. The Balaban J connectivity index is 2.16. The zero-order valence-electron chi connectivity index (χ0n) is 12.2. The zero-order valence-corrected chi connectivity index (χ0v) is 13.0. The van der Waals surface area contributed by atoms with Gasteiger partial charge in [-0.1, -0.05) is 0 Å². The molecule has 1 heterocycles. The molecule has 1 fully saturated rings. The Hall–Kier alpha value is -1.11. The Morgan fingerprint density at radius 2 is 1.95 bits per heavy atom. The van der Waals surface area contributed by atoms with E-state index in [1.807, 2.05) is 13.8 Å². The van der Waals surface area contributed by atoms with E-state index in [4.69, 9.17) is 4.74 Å². The summed E-state index contributed by atoms with van der Waals surface area (Å²) in [7, 11) is -1.79. The molecule has 0 saturated carbocycles. The van der Waals surface area contributed by atoms with E-state index in [1.165, 1.54) is 4.31 Å². The van der Waals surface area contributed by atoms with Gasteiger partial charge in [-0.15, -0.1) is 0 Å². The van der Waals surface area contributed by atoms with Gasteiger partial charge in [0.2, 0.25) is 10.0 Å². The molecule has 1 N–H and O–H groups in total. The molecule has 0 spiro atoms. The Labute approximate surface area is 121 Å². The summed E-state index contributed by atoms with van der Waals surface area (Å²) in [6.07, 6.45) is 0.925. The Kier molecular flexibility index (Phi) is 4.67. The van der Waals surface area contributed by atoms with Crippen LogP contribution in [0.15, 0.2) is 29.2 Å². The topological polar surface area (TPSA) is 58.6 Å². The van der Waals surface area contributed by atoms with Gasteiger partial charge in [0, 0.05) is 19.6 Å². The van der Waals surface area contributed by atoms with Gasteiger partial charge in [-0.05, 0) is 51.1 Å². The number of nitrogens with one attached hydrogen (secondary N) is 1. The van der Waals surface area contributed by atoms with Crippen LogP contribution in [0.25, 0.3) is 0 Å². The fraction of sp³-hybridized carbons (Fsp3) is 0.571. The van der Waals surface area contributed by atoms with Crippen LogP contribution in [0, 0.1) is 0 Å². The molecular formula is C14H22N2O3S. The Morgan fingerprint density at radius 3 is 2.45 bits per heavy atom. The number of sulfonamides is 1. The third kappa shape index (κ3) is 3.31. The molecule has 1 aromatic rings. The van der Waals surface area contributed by atoms with Crippen LogP contribution >= 0.6 is 0 Å². The van der Waals surface area contributed by atoms with Gasteiger partial charge >= 0.3 is 0 Å². The van der Waals surface area contributed by atoms with Crippen LogP contribution in [0.3, 0.4) is 0 Å². The van der Waals surface area contributed by atoms with Gasteiger partial charge in [-0.25, -0.2) is 8.42 Å². The van der Waals surface area contributed by atoms with Crippen molar-refractivity contribution in [3.05, 3.63) is 24.3 Å². The van der Waals surface area contributed by atoms with Gasteiger partial charge in [0.15, 0.2) is 0 Å². The number of hydrogen-bond acceptors (Lipinski definition) is 4. The van der Waals surface area contributed by atoms with Crippen LogP contribution in [0.2, 0.25) is 0 Å². The molecule has 112 valence electrons. The largest absolute Gasteiger partial charge is 0.491 e. The van der Waals surface area contributed by atoms with E-state index in [0.29, 0.717) is 17.2 Å². The molecule has 20 heavy (non-hydrogen) atoms. The first-order valence-electron chi connectivity index (χ1n) is 6.86. The van der Waals surface area contributed by atoms with Gasteiger partial charge in [-0.2, -0.15) is 4.31 Å². The molecule has 6 heteroatoms. The number of hydrogen-bond donors (Lipinski definition) is 1. The van der Waals surface area contributed by atoms with E-state index in [-0.39, 0.29) is 12.1 Å². The van der Waals surface area contributed by atoms with Crippen molar-refractivity contribution in [1.82, 2.24) is 9.62 Å². The molecule has 0 amide bonds. The summed E-state index contributed by atoms with van der Waals surface area (Å²) in [5.74, 6) is 0.684. The SMILES string of the molecule is CC(C)Oc1ccc(S(=O)(=O)N(C)C2CCNC2)cc1. The molecule has 1 saturated heterocycles. The van der Waals surface area contributed by atoms with Crippen molar-refractivity contribution < 1.29 is 13.2 Å². The lowest BCUT2D eigenvalue weighted by Crippen LogP contribution is -2.38. The molecule has 1 aliphatic heterocycles. The molecule has 0 aromatic heterocycles. The number of benzene rings is 1. The molecule has 0 bridgehead atoms. The number of rotatable bonds is 5. The lowest BCUT2D eigenvalue weighted by atomic mass is 10.3. The van der Waals surface area contributed by atoms with E-state index >= 15 is 0 Å². The van der Waals surface area contributed by atoms with E-state index in [9.17, 15) is 8.42 Å². The minimum absolute atomic E-state index is 0.0339. The lowest BCUT2D eigenvalue weighted by Gasteiger charge is -2.23. The first-order chi connectivity index (χ1) is 9.41. The van der Waals surface area contributed by atoms with E-state index in [0.717, 1.165) is 13.0 Å². The second kappa shape index (κ2) is 6.11. The minimum Gasteiger partial charge on any atom is -0.491 e. The van der Waals surface area contributed by atoms with E-state index in [1.54, 1.807) is 31.3 Å². The number of nitrogens with zero attached hydrogens (tertiary/aromatic N) is 1. The van der Waals surface area contributed by atoms with Crippen molar-refractivity contribution >= 4 is 10.0 Å². The fourth-order valence-corrected chi connectivity index (χ4v) is 3.66. The second-order valence-corrected chi connectivity index (χ2v) is 7.30. The normalized spacial score (nSPS) is 19.8. The maximum atomic E-state index is 12.5. The van der Waals surface area contributed by atoms with Crippen molar-refractivity contribution in [3.8, 4) is 5.75 Å². The van der Waals surface area contributed by atoms with Crippen LogP contribution in [0.4, 0.5) is 0 Å². The highest BCUT2D eigenvalue weighted by molar-refractivity contribution is 7.89. The van der Waals surface area contributed by atoms with Crippen LogP contribution in [0.1, 0.15) is 20.3 Å². The van der Waals surface area contributed by atoms with Crippen molar-refractivity contribution in [1.29, 1.82) is 0 Å². The molecule has 0 radical (unpaired) electrons. The standard InChI is InChI=1S/C14H22N2O3S/c1-11(2)19-13-4-6-14(7-5-13)20(17,18)16(3)12-8-9-15-10-12/h4-7,11-12,15H,8-10H2,1-3H3. The molecule has 1 unspecified atom stereocenters. The molecule has 1 aliphatic rings. The predicted octanol–water partition coefficient (Wildman–Crippen LogP) is 1.46. The quantitative estimate of drug-likeness (QED) is 0.894. The van der Waals surface area contributed by atoms with Crippen molar-refractivity contribution in [2.75, 3.05) is 20.1 Å². The second-order valence-electron chi connectivity index (χ2n) is 5.31. The molecule has 1 atom stereocenters. The maximum Gasteiger partial charge on any atom is 0.243 e.